The van der Waals surface area contributed by atoms with Crippen LogP contribution >= 0.6 is 0 Å². The summed E-state index contributed by atoms with van der Waals surface area (Å²) in [7, 11) is 3.23. The Labute approximate surface area is 171 Å². The van der Waals surface area contributed by atoms with E-state index in [0.717, 1.165) is 31.6 Å². The molecular weight excluding hydrogens is 368 g/mol. The van der Waals surface area contributed by atoms with E-state index in [4.69, 9.17) is 14.0 Å². The summed E-state index contributed by atoms with van der Waals surface area (Å²) < 4.78 is 16.0. The molecule has 154 valence electrons. The van der Waals surface area contributed by atoms with Gasteiger partial charge >= 0.3 is 6.01 Å². The number of nitrogens with zero attached hydrogens (tertiary/aromatic N) is 3. The summed E-state index contributed by atoms with van der Waals surface area (Å²) in [6.45, 7) is 6.92. The lowest BCUT2D eigenvalue weighted by Gasteiger charge is -2.23. The number of hydrogen-bond donors (Lipinski definition) is 1. The van der Waals surface area contributed by atoms with Crippen molar-refractivity contribution in [3.63, 3.8) is 0 Å². The van der Waals surface area contributed by atoms with Gasteiger partial charge in [-0.15, -0.1) is 0 Å². The molecule has 7 nitrogen and oxygen atoms in total. The molecule has 0 saturated heterocycles. The highest BCUT2D eigenvalue weighted by molar-refractivity contribution is 5.66. The van der Waals surface area contributed by atoms with Crippen molar-refractivity contribution in [1.29, 1.82) is 0 Å². The van der Waals surface area contributed by atoms with E-state index >= 15 is 0 Å². The zero-order valence-electron chi connectivity index (χ0n) is 17.4. The molecule has 0 saturated carbocycles. The number of benzene rings is 2. The lowest BCUT2D eigenvalue weighted by Crippen LogP contribution is -2.25. The summed E-state index contributed by atoms with van der Waals surface area (Å²) in [5.74, 6) is 1.82. The smallest absolute Gasteiger partial charge is 0.321 e. The van der Waals surface area contributed by atoms with Crippen LogP contribution in [-0.2, 0) is 0 Å². The largest absolute Gasteiger partial charge is 0.497 e. The fourth-order valence-electron chi connectivity index (χ4n) is 3.15. The van der Waals surface area contributed by atoms with E-state index in [9.17, 15) is 0 Å². The number of ether oxygens (including phenoxy) is 2. The maximum atomic E-state index is 5.39. The Morgan fingerprint density at radius 1 is 1.10 bits per heavy atom. The Balaban J connectivity index is 1.57. The standard InChI is InChI=1S/C22H28N4O3/c1-5-26(17-9-6-8-16(2)14-17)13-7-12-23-22-24-21(25-29-22)19-15-18(27-3)10-11-20(19)28-4/h6,8-11,14-15H,5,7,12-13H2,1-4H3,(H,23,24,25). The van der Waals surface area contributed by atoms with Crippen LogP contribution in [0, 0.1) is 6.92 Å². The van der Waals surface area contributed by atoms with Crippen LogP contribution in [0.15, 0.2) is 47.0 Å². The van der Waals surface area contributed by atoms with Crippen LogP contribution in [0.1, 0.15) is 18.9 Å². The fourth-order valence-corrected chi connectivity index (χ4v) is 3.15. The normalized spacial score (nSPS) is 10.6. The van der Waals surface area contributed by atoms with Gasteiger partial charge in [0.25, 0.3) is 0 Å². The van der Waals surface area contributed by atoms with Crippen LogP contribution in [0.2, 0.25) is 0 Å². The van der Waals surface area contributed by atoms with Crippen molar-refractivity contribution >= 4 is 11.7 Å². The SMILES string of the molecule is CCN(CCCNc1nc(-c2cc(OC)ccc2OC)no1)c1cccc(C)c1. The van der Waals surface area contributed by atoms with Crippen molar-refractivity contribution in [3.05, 3.63) is 48.0 Å². The molecule has 29 heavy (non-hydrogen) atoms. The summed E-state index contributed by atoms with van der Waals surface area (Å²) in [6.07, 6.45) is 0.946. The Morgan fingerprint density at radius 2 is 1.97 bits per heavy atom. The number of methoxy groups -OCH3 is 2. The van der Waals surface area contributed by atoms with E-state index in [-0.39, 0.29) is 0 Å². The molecule has 1 heterocycles. The molecule has 1 N–H and O–H groups in total. The lowest BCUT2D eigenvalue weighted by atomic mass is 10.2. The molecule has 0 fully saturated rings. The lowest BCUT2D eigenvalue weighted by molar-refractivity contribution is 0.403. The molecule has 0 aliphatic rings. The third kappa shape index (κ3) is 5.19. The zero-order chi connectivity index (χ0) is 20.6. The molecule has 0 radical (unpaired) electrons. The molecular formula is C22H28N4O3. The van der Waals surface area contributed by atoms with Gasteiger partial charge in [-0.05, 0) is 56.2 Å². The maximum Gasteiger partial charge on any atom is 0.321 e. The number of nitrogens with one attached hydrogen (secondary N) is 1. The van der Waals surface area contributed by atoms with E-state index in [1.807, 2.05) is 18.2 Å². The molecule has 0 amide bonds. The Morgan fingerprint density at radius 3 is 2.69 bits per heavy atom. The van der Waals surface area contributed by atoms with Crippen LogP contribution in [0.3, 0.4) is 0 Å². The summed E-state index contributed by atoms with van der Waals surface area (Å²) in [6, 6.07) is 14.4. The topological polar surface area (TPSA) is 72.7 Å². The van der Waals surface area contributed by atoms with Gasteiger partial charge in [0.1, 0.15) is 11.5 Å². The minimum Gasteiger partial charge on any atom is -0.497 e. The van der Waals surface area contributed by atoms with Gasteiger partial charge in [0.15, 0.2) is 0 Å². The molecule has 0 aliphatic carbocycles. The number of rotatable bonds is 10. The third-order valence-corrected chi connectivity index (χ3v) is 4.70. The van der Waals surface area contributed by atoms with Crippen LogP contribution < -0.4 is 19.7 Å². The summed E-state index contributed by atoms with van der Waals surface area (Å²) in [4.78, 5) is 6.79. The molecule has 0 aliphatic heterocycles. The summed E-state index contributed by atoms with van der Waals surface area (Å²) in [5, 5.41) is 7.27. The van der Waals surface area contributed by atoms with Gasteiger partial charge in [-0.3, -0.25) is 0 Å². The molecule has 1 aromatic heterocycles. The van der Waals surface area contributed by atoms with Gasteiger partial charge in [0.2, 0.25) is 5.82 Å². The van der Waals surface area contributed by atoms with Gasteiger partial charge in [0, 0.05) is 25.3 Å². The molecule has 0 spiro atoms. The first-order valence-electron chi connectivity index (χ1n) is 9.76. The number of anilines is 2. The number of hydrogen-bond acceptors (Lipinski definition) is 7. The highest BCUT2D eigenvalue weighted by atomic mass is 16.5. The van der Waals surface area contributed by atoms with Gasteiger partial charge in [-0.2, -0.15) is 4.98 Å². The number of aromatic nitrogens is 2. The molecule has 3 rings (SSSR count). The van der Waals surface area contributed by atoms with E-state index in [0.29, 0.717) is 23.3 Å². The predicted molar refractivity (Wildman–Crippen MR) is 115 cm³/mol. The highest BCUT2D eigenvalue weighted by Crippen LogP contribution is 2.32. The van der Waals surface area contributed by atoms with Gasteiger partial charge in [0.05, 0.1) is 19.8 Å². The quantitative estimate of drug-likeness (QED) is 0.510. The molecule has 0 atom stereocenters. The third-order valence-electron chi connectivity index (χ3n) is 4.70. The van der Waals surface area contributed by atoms with Gasteiger partial charge in [-0.1, -0.05) is 17.3 Å². The first kappa shape index (κ1) is 20.5. The fraction of sp³-hybridized carbons (Fsp3) is 0.364. The second kappa shape index (κ2) is 9.82. The van der Waals surface area contributed by atoms with E-state index < -0.39 is 0 Å². The van der Waals surface area contributed by atoms with Crippen LogP contribution in [0.25, 0.3) is 11.4 Å². The Bertz CT molecular complexity index is 926. The van der Waals surface area contributed by atoms with Crippen molar-refractivity contribution in [2.45, 2.75) is 20.3 Å². The molecule has 7 heteroatoms. The van der Waals surface area contributed by atoms with Gasteiger partial charge < -0.3 is 24.2 Å². The minimum atomic E-state index is 0.392. The molecule has 0 unspecified atom stereocenters. The van der Waals surface area contributed by atoms with E-state index in [1.165, 1.54) is 11.3 Å². The van der Waals surface area contributed by atoms with Gasteiger partial charge in [-0.25, -0.2) is 0 Å². The van der Waals surface area contributed by atoms with Crippen molar-refractivity contribution in [3.8, 4) is 22.9 Å². The average Bonchev–Trinajstić information content (AvgIpc) is 3.22. The second-order valence-electron chi connectivity index (χ2n) is 6.69. The van der Waals surface area contributed by atoms with Crippen molar-refractivity contribution in [1.82, 2.24) is 10.1 Å². The highest BCUT2D eigenvalue weighted by Gasteiger charge is 2.14. The molecule has 3 aromatic rings. The Kier molecular flexibility index (Phi) is 6.94. The summed E-state index contributed by atoms with van der Waals surface area (Å²) in [5.41, 5.74) is 3.24. The predicted octanol–water partition coefficient (Wildman–Crippen LogP) is 4.39. The van der Waals surface area contributed by atoms with Crippen LogP contribution in [-0.4, -0.2) is 44.0 Å². The van der Waals surface area contributed by atoms with Crippen LogP contribution in [0.4, 0.5) is 11.7 Å². The molecule has 0 bridgehead atoms. The first-order chi connectivity index (χ1) is 14.1. The number of aryl methyl sites for hydroxylation is 1. The van der Waals surface area contributed by atoms with Crippen molar-refractivity contribution in [2.24, 2.45) is 0 Å². The van der Waals surface area contributed by atoms with E-state index in [2.05, 4.69) is 58.5 Å². The van der Waals surface area contributed by atoms with Crippen LogP contribution in [0.5, 0.6) is 11.5 Å². The maximum absolute atomic E-state index is 5.39. The average molecular weight is 396 g/mol. The zero-order valence-corrected chi connectivity index (χ0v) is 17.4. The second-order valence-corrected chi connectivity index (χ2v) is 6.69. The van der Waals surface area contributed by atoms with Crippen molar-refractivity contribution in [2.75, 3.05) is 44.1 Å². The minimum absolute atomic E-state index is 0.392. The summed E-state index contributed by atoms with van der Waals surface area (Å²) >= 11 is 0. The van der Waals surface area contributed by atoms with Crippen molar-refractivity contribution < 1.29 is 14.0 Å². The molecule has 2 aromatic carbocycles. The monoisotopic (exact) mass is 396 g/mol. The Hall–Kier alpha value is -3.22. The first-order valence-corrected chi connectivity index (χ1v) is 9.76. The van der Waals surface area contributed by atoms with E-state index in [1.54, 1.807) is 14.2 Å².